The van der Waals surface area contributed by atoms with Crippen LogP contribution in [0.15, 0.2) is 24.7 Å². The van der Waals surface area contributed by atoms with Crippen LogP contribution in [0.3, 0.4) is 0 Å². The van der Waals surface area contributed by atoms with Gasteiger partial charge in [-0.1, -0.05) is 13.3 Å². The molecule has 1 aliphatic heterocycles. The van der Waals surface area contributed by atoms with Crippen LogP contribution in [-0.4, -0.2) is 68.9 Å². The van der Waals surface area contributed by atoms with Crippen molar-refractivity contribution in [1.29, 1.82) is 0 Å². The van der Waals surface area contributed by atoms with Crippen molar-refractivity contribution in [2.45, 2.75) is 39.2 Å². The average molecular weight is 430 g/mol. The number of esters is 2. The van der Waals surface area contributed by atoms with Crippen LogP contribution in [0.5, 0.6) is 0 Å². The molecule has 11 heteroatoms. The molecule has 2 aromatic heterocycles. The van der Waals surface area contributed by atoms with Gasteiger partial charge >= 0.3 is 18.0 Å². The molecule has 2 aromatic rings. The number of carbonyl (C=O) groups excluding carboxylic acids is 3. The summed E-state index contributed by atoms with van der Waals surface area (Å²) in [6.07, 6.45) is 7.63. The highest BCUT2D eigenvalue weighted by Crippen LogP contribution is 2.19. The summed E-state index contributed by atoms with van der Waals surface area (Å²) in [4.78, 5) is 45.8. The first-order chi connectivity index (χ1) is 15.1. The molecule has 0 saturated carbocycles. The molecular formula is C20H26N6O5. The summed E-state index contributed by atoms with van der Waals surface area (Å²) in [6.45, 7) is 5.95. The fourth-order valence-corrected chi connectivity index (χ4v) is 3.15. The van der Waals surface area contributed by atoms with Gasteiger partial charge in [0.05, 0.1) is 24.7 Å². The molecule has 166 valence electrons. The number of hydrogen-bond acceptors (Lipinski definition) is 9. The predicted molar refractivity (Wildman–Crippen MR) is 111 cm³/mol. The molecule has 1 amide bonds. The van der Waals surface area contributed by atoms with E-state index in [2.05, 4.69) is 30.0 Å². The fraction of sp³-hybridized carbons (Fsp3) is 0.500. The van der Waals surface area contributed by atoms with Gasteiger partial charge in [0.15, 0.2) is 5.65 Å². The van der Waals surface area contributed by atoms with Crippen LogP contribution in [0.25, 0.3) is 11.0 Å². The lowest BCUT2D eigenvalue weighted by Gasteiger charge is -2.14. The number of carbonyl (C=O) groups is 3. The van der Waals surface area contributed by atoms with E-state index in [0.29, 0.717) is 17.6 Å². The Bertz CT molecular complexity index is 951. The fourth-order valence-electron chi connectivity index (χ4n) is 3.15. The Balaban J connectivity index is 1.54. The molecule has 0 radical (unpaired) electrons. The number of amides is 1. The van der Waals surface area contributed by atoms with E-state index in [9.17, 15) is 14.4 Å². The largest absolute Gasteiger partial charge is 0.463 e. The molecule has 0 spiro atoms. The highest BCUT2D eigenvalue weighted by molar-refractivity contribution is 6.01. The first-order valence-corrected chi connectivity index (χ1v) is 10.3. The number of aromatic nitrogens is 4. The Labute approximate surface area is 179 Å². The summed E-state index contributed by atoms with van der Waals surface area (Å²) in [6, 6.07) is 0. The van der Waals surface area contributed by atoms with Crippen LogP contribution < -0.4 is 5.32 Å². The number of anilines is 1. The summed E-state index contributed by atoms with van der Waals surface area (Å²) in [5.74, 6) is -1.50. The van der Waals surface area contributed by atoms with Crippen molar-refractivity contribution in [2.24, 2.45) is 0 Å². The summed E-state index contributed by atoms with van der Waals surface area (Å²) in [5.41, 5.74) is 0.575. The number of hydrogen-bond donors (Lipinski definition) is 1. The minimum Gasteiger partial charge on any atom is -0.463 e. The number of ether oxygens (including phenoxy) is 2. The third kappa shape index (κ3) is 6.57. The maximum atomic E-state index is 12.0. The minimum atomic E-state index is -1.03. The predicted octanol–water partition coefficient (Wildman–Crippen LogP) is 1.90. The van der Waals surface area contributed by atoms with Gasteiger partial charge in [-0.25, -0.2) is 29.0 Å². The monoisotopic (exact) mass is 430 g/mol. The van der Waals surface area contributed by atoms with E-state index in [1.807, 2.05) is 6.92 Å². The lowest BCUT2D eigenvalue weighted by atomic mass is 10.4. The molecule has 31 heavy (non-hydrogen) atoms. The Kier molecular flexibility index (Phi) is 8.05. The Morgan fingerprint density at radius 1 is 1.13 bits per heavy atom. The summed E-state index contributed by atoms with van der Waals surface area (Å²) in [7, 11) is 0. The van der Waals surface area contributed by atoms with Gasteiger partial charge in [0, 0.05) is 18.7 Å². The first kappa shape index (κ1) is 22.3. The molecule has 0 unspecified atom stereocenters. The maximum Gasteiger partial charge on any atom is 0.420 e. The zero-order valence-electron chi connectivity index (χ0n) is 17.5. The molecule has 3 heterocycles. The van der Waals surface area contributed by atoms with Gasteiger partial charge in [0.1, 0.15) is 12.1 Å². The average Bonchev–Trinajstić information content (AvgIpc) is 3.41. The second-order valence-electron chi connectivity index (χ2n) is 7.06. The zero-order valence-corrected chi connectivity index (χ0v) is 17.5. The summed E-state index contributed by atoms with van der Waals surface area (Å²) in [5, 5.41) is 7.27. The molecule has 0 atom stereocenters. The van der Waals surface area contributed by atoms with Gasteiger partial charge in [-0.2, -0.15) is 5.10 Å². The van der Waals surface area contributed by atoms with Crippen molar-refractivity contribution in [2.75, 3.05) is 31.6 Å². The van der Waals surface area contributed by atoms with Crippen molar-refractivity contribution in [3.8, 4) is 0 Å². The van der Waals surface area contributed by atoms with Gasteiger partial charge in [0.25, 0.3) is 0 Å². The Hall–Kier alpha value is -3.34. The maximum absolute atomic E-state index is 12.0. The van der Waals surface area contributed by atoms with Crippen LogP contribution in [-0.2, 0) is 25.6 Å². The molecular weight excluding hydrogens is 404 g/mol. The number of rotatable bonds is 9. The standard InChI is InChI=1S/C20H26N6O5/c1-2-3-12-30-16(27)6-7-17(28)31-20(29)24-18-15-13-23-26(19(15)22-14-21-18)11-10-25-8-4-5-9-25/h6-7,13-14H,2-5,8-12H2,1H3,(H,21,22,24,29)/b7-6-. The van der Waals surface area contributed by atoms with Crippen LogP contribution in [0.1, 0.15) is 32.6 Å². The van der Waals surface area contributed by atoms with E-state index in [1.54, 1.807) is 10.9 Å². The van der Waals surface area contributed by atoms with Crippen LogP contribution in [0, 0.1) is 0 Å². The highest BCUT2D eigenvalue weighted by atomic mass is 16.6. The first-order valence-electron chi connectivity index (χ1n) is 10.3. The van der Waals surface area contributed by atoms with E-state index in [1.165, 1.54) is 19.2 Å². The van der Waals surface area contributed by atoms with Crippen LogP contribution in [0.4, 0.5) is 10.6 Å². The molecule has 0 bridgehead atoms. The number of likely N-dealkylation sites (tertiary alicyclic amines) is 1. The van der Waals surface area contributed by atoms with E-state index in [-0.39, 0.29) is 12.4 Å². The quantitative estimate of drug-likeness (QED) is 0.274. The normalized spacial score (nSPS) is 14.2. The van der Waals surface area contributed by atoms with Gasteiger partial charge in [-0.05, 0) is 32.4 Å². The van der Waals surface area contributed by atoms with Crippen LogP contribution >= 0.6 is 0 Å². The molecule has 0 aromatic carbocycles. The number of nitrogens with one attached hydrogen (secondary N) is 1. The molecule has 1 aliphatic rings. The Morgan fingerprint density at radius 2 is 1.90 bits per heavy atom. The highest BCUT2D eigenvalue weighted by Gasteiger charge is 2.16. The van der Waals surface area contributed by atoms with Gasteiger partial charge in [-0.15, -0.1) is 0 Å². The third-order valence-electron chi connectivity index (χ3n) is 4.77. The van der Waals surface area contributed by atoms with Crippen LogP contribution in [0.2, 0.25) is 0 Å². The molecule has 1 N–H and O–H groups in total. The molecule has 1 fully saturated rings. The van der Waals surface area contributed by atoms with E-state index in [0.717, 1.165) is 44.6 Å². The topological polar surface area (TPSA) is 129 Å². The lowest BCUT2D eigenvalue weighted by Crippen LogP contribution is -2.24. The van der Waals surface area contributed by atoms with Crippen molar-refractivity contribution in [3.05, 3.63) is 24.7 Å². The molecule has 1 saturated heterocycles. The third-order valence-corrected chi connectivity index (χ3v) is 4.77. The number of nitrogens with zero attached hydrogens (tertiary/aromatic N) is 5. The van der Waals surface area contributed by atoms with E-state index >= 15 is 0 Å². The number of unbranched alkanes of at least 4 members (excludes halogenated alkanes) is 1. The minimum absolute atomic E-state index is 0.179. The lowest BCUT2D eigenvalue weighted by molar-refractivity contribution is -0.138. The zero-order chi connectivity index (χ0) is 22.1. The molecule has 11 nitrogen and oxygen atoms in total. The van der Waals surface area contributed by atoms with Gasteiger partial charge < -0.3 is 14.4 Å². The second kappa shape index (κ2) is 11.2. The SMILES string of the molecule is CCCCOC(=O)/C=C\C(=O)OC(=O)Nc1ncnc2c1cnn2CCN1CCCC1. The van der Waals surface area contributed by atoms with Crippen molar-refractivity contribution >= 4 is 34.9 Å². The van der Waals surface area contributed by atoms with Gasteiger partial charge in [0.2, 0.25) is 0 Å². The van der Waals surface area contributed by atoms with Crippen molar-refractivity contribution in [1.82, 2.24) is 24.6 Å². The van der Waals surface area contributed by atoms with Crippen molar-refractivity contribution < 1.29 is 23.9 Å². The van der Waals surface area contributed by atoms with E-state index < -0.39 is 18.0 Å². The summed E-state index contributed by atoms with van der Waals surface area (Å²) >= 11 is 0. The van der Waals surface area contributed by atoms with Gasteiger partial charge in [-0.3, -0.25) is 5.32 Å². The second-order valence-corrected chi connectivity index (χ2v) is 7.06. The smallest absolute Gasteiger partial charge is 0.420 e. The molecule has 3 rings (SSSR count). The Morgan fingerprint density at radius 3 is 2.68 bits per heavy atom. The molecule has 0 aliphatic carbocycles. The number of fused-ring (bicyclic) bond motifs is 1. The summed E-state index contributed by atoms with van der Waals surface area (Å²) < 4.78 is 11.3. The van der Waals surface area contributed by atoms with E-state index in [4.69, 9.17) is 4.74 Å². The van der Waals surface area contributed by atoms with Crippen molar-refractivity contribution in [3.63, 3.8) is 0 Å².